The van der Waals surface area contributed by atoms with E-state index in [0.29, 0.717) is 0 Å². The number of hydrogen-bond acceptors (Lipinski definition) is 5. The summed E-state index contributed by atoms with van der Waals surface area (Å²) in [5.74, 6) is -1.35. The van der Waals surface area contributed by atoms with Crippen LogP contribution in [-0.4, -0.2) is 41.1 Å². The van der Waals surface area contributed by atoms with Crippen molar-refractivity contribution in [3.63, 3.8) is 0 Å². The third kappa shape index (κ3) is 1.89. The first-order valence-electron chi connectivity index (χ1n) is 3.30. The van der Waals surface area contributed by atoms with Gasteiger partial charge in [-0.2, -0.15) is 0 Å². The summed E-state index contributed by atoms with van der Waals surface area (Å²) in [5, 5.41) is 28.0. The number of ether oxygens (including phenoxy) is 1. The van der Waals surface area contributed by atoms with E-state index in [9.17, 15) is 9.90 Å². The van der Waals surface area contributed by atoms with Gasteiger partial charge in [0.1, 0.15) is 6.10 Å². The van der Waals surface area contributed by atoms with Gasteiger partial charge in [-0.25, -0.2) is 0 Å². The van der Waals surface area contributed by atoms with Crippen LogP contribution in [0.5, 0.6) is 0 Å². The number of rotatable bonds is 1. The molecule has 11 heavy (non-hydrogen) atoms. The molecule has 1 heterocycles. The van der Waals surface area contributed by atoms with Crippen molar-refractivity contribution in [1.29, 1.82) is 0 Å². The Hall–Kier alpha value is -0.650. The van der Waals surface area contributed by atoms with Crippen LogP contribution in [0.15, 0.2) is 0 Å². The van der Waals surface area contributed by atoms with E-state index in [1.165, 1.54) is 0 Å². The molecule has 5 nitrogen and oxygen atoms in total. The van der Waals surface area contributed by atoms with Gasteiger partial charge in [-0.1, -0.05) is 0 Å². The fourth-order valence-electron chi connectivity index (χ4n) is 0.935. The van der Waals surface area contributed by atoms with E-state index >= 15 is 0 Å². The molecule has 2 N–H and O–H groups in total. The van der Waals surface area contributed by atoms with E-state index in [-0.39, 0.29) is 13.0 Å². The first kappa shape index (κ1) is 8.45. The molecule has 3 atom stereocenters. The second-order valence-corrected chi connectivity index (χ2v) is 2.51. The number of carbonyl (C=O) groups is 1. The van der Waals surface area contributed by atoms with Crippen molar-refractivity contribution in [1.82, 2.24) is 0 Å². The van der Waals surface area contributed by atoms with Crippen LogP contribution in [-0.2, 0) is 9.53 Å². The third-order valence-corrected chi connectivity index (χ3v) is 1.63. The topological polar surface area (TPSA) is 89.8 Å². The van der Waals surface area contributed by atoms with E-state index in [0.717, 1.165) is 0 Å². The molecule has 1 saturated heterocycles. The molecule has 1 aliphatic heterocycles. The summed E-state index contributed by atoms with van der Waals surface area (Å²) in [5.41, 5.74) is 0. The van der Waals surface area contributed by atoms with Crippen molar-refractivity contribution >= 4 is 5.97 Å². The molecule has 1 aliphatic rings. The Morgan fingerprint density at radius 3 is 2.55 bits per heavy atom. The number of aliphatic carboxylic acids is 1. The van der Waals surface area contributed by atoms with Gasteiger partial charge in [-0.05, 0) is 0 Å². The lowest BCUT2D eigenvalue weighted by Gasteiger charge is -2.30. The van der Waals surface area contributed by atoms with Gasteiger partial charge in [0.2, 0.25) is 0 Å². The smallest absolute Gasteiger partial charge is 0.103 e. The SMILES string of the molecule is O=C([O-])C1CC(O)C(O)CO1. The molecule has 0 amide bonds. The molecular weight excluding hydrogens is 152 g/mol. The molecule has 0 bridgehead atoms. The second-order valence-electron chi connectivity index (χ2n) is 2.51. The number of carbonyl (C=O) groups excluding carboxylic acids is 1. The standard InChI is InChI=1S/C6H10O5/c7-3-1-5(6(9)10)11-2-4(3)8/h3-5,7-8H,1-2H2,(H,9,10)/p-1. The van der Waals surface area contributed by atoms with Crippen LogP contribution in [0.3, 0.4) is 0 Å². The van der Waals surface area contributed by atoms with Gasteiger partial charge >= 0.3 is 0 Å². The predicted octanol–water partition coefficient (Wildman–Crippen LogP) is -2.75. The molecule has 0 aliphatic carbocycles. The monoisotopic (exact) mass is 161 g/mol. The molecule has 0 aromatic heterocycles. The largest absolute Gasteiger partial charge is 0.547 e. The van der Waals surface area contributed by atoms with Gasteiger partial charge in [0.25, 0.3) is 0 Å². The van der Waals surface area contributed by atoms with Gasteiger partial charge in [0.05, 0.1) is 24.8 Å². The number of hydrogen-bond donors (Lipinski definition) is 2. The Labute approximate surface area is 63.2 Å². The van der Waals surface area contributed by atoms with Crippen LogP contribution in [0.2, 0.25) is 0 Å². The molecule has 0 aromatic carbocycles. The van der Waals surface area contributed by atoms with Crippen molar-refractivity contribution in [3.05, 3.63) is 0 Å². The van der Waals surface area contributed by atoms with Gasteiger partial charge < -0.3 is 24.9 Å². The maximum absolute atomic E-state index is 10.2. The number of aliphatic hydroxyl groups is 2. The normalized spacial score (nSPS) is 38.5. The van der Waals surface area contributed by atoms with Crippen molar-refractivity contribution < 1.29 is 24.9 Å². The maximum Gasteiger partial charge on any atom is 0.103 e. The van der Waals surface area contributed by atoms with Crippen molar-refractivity contribution in [2.45, 2.75) is 24.7 Å². The number of carboxylic acids is 1. The minimum Gasteiger partial charge on any atom is -0.547 e. The third-order valence-electron chi connectivity index (χ3n) is 1.63. The van der Waals surface area contributed by atoms with Gasteiger partial charge in [0.15, 0.2) is 0 Å². The minimum absolute atomic E-state index is 0.108. The quantitative estimate of drug-likeness (QED) is 0.435. The molecule has 0 saturated carbocycles. The molecule has 3 unspecified atom stereocenters. The van der Waals surface area contributed by atoms with Crippen LogP contribution >= 0.6 is 0 Å². The summed E-state index contributed by atoms with van der Waals surface area (Å²) >= 11 is 0. The molecule has 1 fully saturated rings. The van der Waals surface area contributed by atoms with E-state index in [1.54, 1.807) is 0 Å². The van der Waals surface area contributed by atoms with Crippen molar-refractivity contribution in [2.75, 3.05) is 6.61 Å². The van der Waals surface area contributed by atoms with Gasteiger partial charge in [-0.15, -0.1) is 0 Å². The molecule has 0 spiro atoms. The Morgan fingerprint density at radius 2 is 2.09 bits per heavy atom. The molecular formula is C6H9O5-. The van der Waals surface area contributed by atoms with E-state index in [2.05, 4.69) is 4.74 Å². The highest BCUT2D eigenvalue weighted by Gasteiger charge is 2.28. The van der Waals surface area contributed by atoms with Crippen LogP contribution in [0.25, 0.3) is 0 Å². The average molecular weight is 161 g/mol. The summed E-state index contributed by atoms with van der Waals surface area (Å²) in [6, 6.07) is 0. The summed E-state index contributed by atoms with van der Waals surface area (Å²) in [7, 11) is 0. The molecule has 0 radical (unpaired) electrons. The highest BCUT2D eigenvalue weighted by Crippen LogP contribution is 2.13. The van der Waals surface area contributed by atoms with Crippen LogP contribution < -0.4 is 5.11 Å². The van der Waals surface area contributed by atoms with Crippen LogP contribution in [0.4, 0.5) is 0 Å². The number of aliphatic hydroxyl groups excluding tert-OH is 2. The first-order chi connectivity index (χ1) is 5.11. The molecule has 0 aromatic rings. The fraction of sp³-hybridized carbons (Fsp3) is 0.833. The zero-order valence-electron chi connectivity index (χ0n) is 5.77. The minimum atomic E-state index is -1.35. The van der Waals surface area contributed by atoms with E-state index in [4.69, 9.17) is 10.2 Å². The van der Waals surface area contributed by atoms with Crippen molar-refractivity contribution in [2.24, 2.45) is 0 Å². The zero-order chi connectivity index (χ0) is 8.43. The lowest BCUT2D eigenvalue weighted by molar-refractivity contribution is -0.321. The first-order valence-corrected chi connectivity index (χ1v) is 3.30. The second kappa shape index (κ2) is 3.17. The van der Waals surface area contributed by atoms with Gasteiger partial charge in [-0.3, -0.25) is 0 Å². The highest BCUT2D eigenvalue weighted by atomic mass is 16.5. The Kier molecular flexibility index (Phi) is 2.43. The zero-order valence-corrected chi connectivity index (χ0v) is 5.77. The Balaban J connectivity index is 2.46. The summed E-state index contributed by atoms with van der Waals surface area (Å²) in [6.07, 6.45) is -3.20. The molecule has 5 heteroatoms. The Morgan fingerprint density at radius 1 is 1.45 bits per heavy atom. The summed E-state index contributed by atoms with van der Waals surface area (Å²) in [6.45, 7) is -0.153. The summed E-state index contributed by atoms with van der Waals surface area (Å²) in [4.78, 5) is 10.2. The van der Waals surface area contributed by atoms with Crippen molar-refractivity contribution in [3.8, 4) is 0 Å². The summed E-state index contributed by atoms with van der Waals surface area (Å²) < 4.78 is 4.65. The molecule has 1 rings (SSSR count). The lowest BCUT2D eigenvalue weighted by atomic mass is 10.0. The molecule has 64 valence electrons. The Bertz CT molecular complexity index is 157. The van der Waals surface area contributed by atoms with E-state index < -0.39 is 24.3 Å². The predicted molar refractivity (Wildman–Crippen MR) is 31.4 cm³/mol. The van der Waals surface area contributed by atoms with E-state index in [1.807, 2.05) is 0 Å². The maximum atomic E-state index is 10.2. The van der Waals surface area contributed by atoms with Gasteiger partial charge in [0, 0.05) is 6.42 Å². The average Bonchev–Trinajstić information content (AvgIpc) is 1.94. The lowest BCUT2D eigenvalue weighted by Crippen LogP contribution is -2.48. The fourth-order valence-corrected chi connectivity index (χ4v) is 0.935. The van der Waals surface area contributed by atoms with Crippen LogP contribution in [0, 0.1) is 0 Å². The highest BCUT2D eigenvalue weighted by molar-refractivity contribution is 5.70. The van der Waals surface area contributed by atoms with Crippen LogP contribution in [0.1, 0.15) is 6.42 Å². The number of carboxylic acid groups (broad SMARTS) is 1.